The van der Waals surface area contributed by atoms with Gasteiger partial charge >= 0.3 is 0 Å². The summed E-state index contributed by atoms with van der Waals surface area (Å²) in [7, 11) is 0. The lowest BCUT2D eigenvalue weighted by atomic mass is 9.85. The van der Waals surface area contributed by atoms with Crippen molar-refractivity contribution in [1.82, 2.24) is 0 Å². The van der Waals surface area contributed by atoms with Crippen molar-refractivity contribution in [2.24, 2.45) is 5.92 Å². The summed E-state index contributed by atoms with van der Waals surface area (Å²) in [4.78, 5) is 0. The van der Waals surface area contributed by atoms with Gasteiger partial charge in [0, 0.05) is 0 Å². The monoisotopic (exact) mass is 192 g/mol. The van der Waals surface area contributed by atoms with Crippen LogP contribution in [-0.2, 0) is 12.8 Å². The van der Waals surface area contributed by atoms with Gasteiger partial charge < -0.3 is 5.11 Å². The first-order chi connectivity index (χ1) is 6.77. The van der Waals surface area contributed by atoms with Crippen LogP contribution in [0.5, 0.6) is 5.75 Å². The summed E-state index contributed by atoms with van der Waals surface area (Å²) in [6.45, 7) is 6.27. The number of rotatable bonds is 0. The van der Waals surface area contributed by atoms with E-state index in [1.165, 1.54) is 17.5 Å². The number of phenolic OH excluding ortho intramolecular Hbond substituents is 1. The number of hydrogen-bond acceptors (Lipinski definition) is 1. The average Bonchev–Trinajstić information content (AvgIpc) is 2.21. The van der Waals surface area contributed by atoms with Crippen LogP contribution in [0.15, 0.2) is 18.2 Å². The molecule has 1 aliphatic carbocycles. The van der Waals surface area contributed by atoms with Gasteiger partial charge in [-0.1, -0.05) is 32.9 Å². The van der Waals surface area contributed by atoms with E-state index in [0.717, 1.165) is 18.8 Å². The van der Waals surface area contributed by atoms with Gasteiger partial charge in [-0.05, 0) is 42.4 Å². The molecule has 0 bridgehead atoms. The van der Waals surface area contributed by atoms with E-state index in [1.54, 1.807) is 6.07 Å². The summed E-state index contributed by atoms with van der Waals surface area (Å²) >= 11 is 0. The van der Waals surface area contributed by atoms with E-state index < -0.39 is 0 Å². The van der Waals surface area contributed by atoms with Crippen molar-refractivity contribution < 1.29 is 5.11 Å². The third-order valence-electron chi connectivity index (χ3n) is 2.70. The van der Waals surface area contributed by atoms with Crippen molar-refractivity contribution in [2.75, 3.05) is 0 Å². The third-order valence-corrected chi connectivity index (χ3v) is 2.70. The fraction of sp³-hybridized carbons (Fsp3) is 0.538. The van der Waals surface area contributed by atoms with Crippen molar-refractivity contribution in [2.45, 2.75) is 40.0 Å². The first kappa shape index (κ1) is 11.1. The van der Waals surface area contributed by atoms with Gasteiger partial charge in [0.1, 0.15) is 5.75 Å². The molecule has 1 aromatic carbocycles. The fourth-order valence-electron chi connectivity index (χ4n) is 1.97. The molecule has 1 heteroatoms. The summed E-state index contributed by atoms with van der Waals surface area (Å²) in [5.74, 6) is 1.26. The summed E-state index contributed by atoms with van der Waals surface area (Å²) in [6, 6.07) is 5.85. The predicted molar refractivity (Wildman–Crippen MR) is 60.6 cm³/mol. The molecule has 1 aromatic rings. The van der Waals surface area contributed by atoms with E-state index in [1.807, 2.05) is 19.9 Å². The van der Waals surface area contributed by atoms with Gasteiger partial charge in [0.25, 0.3) is 0 Å². The summed E-state index contributed by atoms with van der Waals surface area (Å²) < 4.78 is 0. The molecule has 0 amide bonds. The quantitative estimate of drug-likeness (QED) is 0.666. The topological polar surface area (TPSA) is 20.2 Å². The van der Waals surface area contributed by atoms with E-state index in [-0.39, 0.29) is 0 Å². The highest BCUT2D eigenvalue weighted by molar-refractivity contribution is 5.40. The molecule has 0 saturated carbocycles. The van der Waals surface area contributed by atoms with Crippen LogP contribution in [0.25, 0.3) is 0 Å². The average molecular weight is 192 g/mol. The molecular weight excluding hydrogens is 172 g/mol. The van der Waals surface area contributed by atoms with Gasteiger partial charge in [-0.3, -0.25) is 0 Å². The van der Waals surface area contributed by atoms with Crippen LogP contribution < -0.4 is 0 Å². The first-order valence-electron chi connectivity index (χ1n) is 5.57. The Morgan fingerprint density at radius 1 is 1.29 bits per heavy atom. The minimum Gasteiger partial charge on any atom is -0.508 e. The molecular formula is C13H20O. The Hall–Kier alpha value is -0.980. The van der Waals surface area contributed by atoms with Gasteiger partial charge in [0.2, 0.25) is 0 Å². The van der Waals surface area contributed by atoms with Crippen LogP contribution in [0.4, 0.5) is 0 Å². The SMILES string of the molecule is CC.CC1CCc2c(O)cccc2C1. The molecule has 1 aliphatic rings. The lowest BCUT2D eigenvalue weighted by molar-refractivity contribution is 0.444. The lowest BCUT2D eigenvalue weighted by Gasteiger charge is -2.21. The van der Waals surface area contributed by atoms with Crippen LogP contribution in [0.1, 0.15) is 38.3 Å². The maximum absolute atomic E-state index is 9.54. The number of aromatic hydroxyl groups is 1. The van der Waals surface area contributed by atoms with E-state index in [0.29, 0.717) is 5.75 Å². The molecule has 1 atom stereocenters. The smallest absolute Gasteiger partial charge is 0.119 e. The first-order valence-corrected chi connectivity index (χ1v) is 5.57. The minimum absolute atomic E-state index is 0.486. The summed E-state index contributed by atoms with van der Waals surface area (Å²) in [5.41, 5.74) is 2.52. The molecule has 1 nitrogen and oxygen atoms in total. The van der Waals surface area contributed by atoms with Gasteiger partial charge in [-0.2, -0.15) is 0 Å². The molecule has 1 unspecified atom stereocenters. The maximum atomic E-state index is 9.54. The van der Waals surface area contributed by atoms with Crippen LogP contribution >= 0.6 is 0 Å². The Morgan fingerprint density at radius 3 is 2.71 bits per heavy atom. The number of hydrogen-bond donors (Lipinski definition) is 1. The second kappa shape index (κ2) is 5.04. The normalized spacial score (nSPS) is 19.2. The zero-order valence-electron chi connectivity index (χ0n) is 9.38. The van der Waals surface area contributed by atoms with E-state index in [2.05, 4.69) is 13.0 Å². The number of benzene rings is 1. The van der Waals surface area contributed by atoms with Crippen LogP contribution in [-0.4, -0.2) is 5.11 Å². The largest absolute Gasteiger partial charge is 0.508 e. The maximum Gasteiger partial charge on any atom is 0.119 e. The molecule has 2 rings (SSSR count). The number of phenols is 1. The molecule has 78 valence electrons. The molecule has 1 N–H and O–H groups in total. The fourth-order valence-corrected chi connectivity index (χ4v) is 1.97. The summed E-state index contributed by atoms with van der Waals surface area (Å²) in [5, 5.41) is 9.54. The molecule has 14 heavy (non-hydrogen) atoms. The van der Waals surface area contributed by atoms with Crippen molar-refractivity contribution in [3.05, 3.63) is 29.3 Å². The Balaban J connectivity index is 0.000000461. The van der Waals surface area contributed by atoms with Gasteiger partial charge in [0.15, 0.2) is 0 Å². The van der Waals surface area contributed by atoms with E-state index in [4.69, 9.17) is 0 Å². The van der Waals surface area contributed by atoms with Gasteiger partial charge in [-0.25, -0.2) is 0 Å². The molecule has 0 saturated heterocycles. The standard InChI is InChI=1S/C11H14O.C2H6/c1-8-5-6-10-9(7-8)3-2-4-11(10)12;1-2/h2-4,8,12H,5-7H2,1H3;1-2H3. The Kier molecular flexibility index (Phi) is 3.99. The van der Waals surface area contributed by atoms with Crippen LogP contribution in [0.2, 0.25) is 0 Å². The number of fused-ring (bicyclic) bond motifs is 1. The van der Waals surface area contributed by atoms with Crippen molar-refractivity contribution >= 4 is 0 Å². The second-order valence-corrected chi connectivity index (χ2v) is 3.76. The Morgan fingerprint density at radius 2 is 2.00 bits per heavy atom. The molecule has 0 fully saturated rings. The molecule has 0 aromatic heterocycles. The van der Waals surface area contributed by atoms with Crippen LogP contribution in [0, 0.1) is 5.92 Å². The molecule has 0 radical (unpaired) electrons. The van der Waals surface area contributed by atoms with Crippen molar-refractivity contribution in [3.63, 3.8) is 0 Å². The zero-order chi connectivity index (χ0) is 10.6. The second-order valence-electron chi connectivity index (χ2n) is 3.76. The van der Waals surface area contributed by atoms with Crippen LogP contribution in [0.3, 0.4) is 0 Å². The highest BCUT2D eigenvalue weighted by atomic mass is 16.3. The third kappa shape index (κ3) is 2.28. The van der Waals surface area contributed by atoms with E-state index >= 15 is 0 Å². The predicted octanol–water partition coefficient (Wildman–Crippen LogP) is 3.54. The molecule has 0 heterocycles. The zero-order valence-corrected chi connectivity index (χ0v) is 9.38. The highest BCUT2D eigenvalue weighted by Crippen LogP contribution is 2.30. The van der Waals surface area contributed by atoms with Gasteiger partial charge in [-0.15, -0.1) is 0 Å². The lowest BCUT2D eigenvalue weighted by Crippen LogP contribution is -2.10. The van der Waals surface area contributed by atoms with Crippen molar-refractivity contribution in [1.29, 1.82) is 0 Å². The summed E-state index contributed by atoms with van der Waals surface area (Å²) in [6.07, 6.45) is 3.39. The minimum atomic E-state index is 0.486. The molecule has 0 aliphatic heterocycles. The Labute approximate surface area is 86.8 Å². The highest BCUT2D eigenvalue weighted by Gasteiger charge is 2.16. The van der Waals surface area contributed by atoms with Crippen molar-refractivity contribution in [3.8, 4) is 5.75 Å². The molecule has 0 spiro atoms. The van der Waals surface area contributed by atoms with E-state index in [9.17, 15) is 5.11 Å². The van der Waals surface area contributed by atoms with Gasteiger partial charge in [0.05, 0.1) is 0 Å². The Bertz CT molecular complexity index is 291.